The Morgan fingerprint density at radius 1 is 0.328 bits per heavy atom. The molecule has 0 aliphatic heterocycles. The van der Waals surface area contributed by atoms with E-state index >= 15 is 0 Å². The molecule has 0 aromatic rings. The largest absolute Gasteiger partial charge is 0.462 e. The summed E-state index contributed by atoms with van der Waals surface area (Å²) >= 11 is 0. The number of carbonyl (C=O) groups is 3. The van der Waals surface area contributed by atoms with Crippen molar-refractivity contribution in [3.8, 4) is 0 Å². The quantitative estimate of drug-likeness (QED) is 0.0263. The van der Waals surface area contributed by atoms with E-state index in [2.05, 4.69) is 69.4 Å². The Morgan fingerprint density at radius 2 is 0.607 bits per heavy atom. The first kappa shape index (κ1) is 58.4. The highest BCUT2D eigenvalue weighted by atomic mass is 16.6. The summed E-state index contributed by atoms with van der Waals surface area (Å²) < 4.78 is 16.8. The van der Waals surface area contributed by atoms with Gasteiger partial charge in [-0.25, -0.2) is 0 Å². The fourth-order valence-electron chi connectivity index (χ4n) is 7.31. The van der Waals surface area contributed by atoms with Crippen LogP contribution in [0.25, 0.3) is 0 Å². The zero-order valence-electron chi connectivity index (χ0n) is 40.4. The van der Waals surface area contributed by atoms with Gasteiger partial charge in [-0.2, -0.15) is 0 Å². The van der Waals surface area contributed by atoms with Gasteiger partial charge in [-0.15, -0.1) is 0 Å². The number of carbonyl (C=O) groups excluding carboxylic acids is 3. The lowest BCUT2D eigenvalue weighted by atomic mass is 10.0. The molecule has 0 rings (SSSR count). The third-order valence-corrected chi connectivity index (χ3v) is 11.3. The van der Waals surface area contributed by atoms with Crippen molar-refractivity contribution in [2.45, 2.75) is 271 Å². The van der Waals surface area contributed by atoms with Gasteiger partial charge in [-0.1, -0.05) is 217 Å². The Hall–Kier alpha value is -2.63. The van der Waals surface area contributed by atoms with Gasteiger partial charge in [0.1, 0.15) is 13.2 Å². The van der Waals surface area contributed by atoms with E-state index < -0.39 is 6.10 Å². The second kappa shape index (κ2) is 50.0. The van der Waals surface area contributed by atoms with E-state index in [4.69, 9.17) is 14.2 Å². The minimum atomic E-state index is -0.782. The third-order valence-electron chi connectivity index (χ3n) is 11.3. The first-order chi connectivity index (χ1) is 30.0. The molecular formula is C55H98O6. The molecule has 6 nitrogen and oxygen atoms in total. The minimum Gasteiger partial charge on any atom is -0.462 e. The lowest BCUT2D eigenvalue weighted by Crippen LogP contribution is -2.30. The van der Waals surface area contributed by atoms with Gasteiger partial charge in [0.05, 0.1) is 0 Å². The van der Waals surface area contributed by atoms with Gasteiger partial charge < -0.3 is 14.2 Å². The maximum Gasteiger partial charge on any atom is 0.306 e. The topological polar surface area (TPSA) is 78.9 Å². The molecule has 0 saturated heterocycles. The van der Waals surface area contributed by atoms with Gasteiger partial charge in [0.2, 0.25) is 0 Å². The smallest absolute Gasteiger partial charge is 0.306 e. The number of hydrogen-bond donors (Lipinski definition) is 0. The van der Waals surface area contributed by atoms with Crippen molar-refractivity contribution in [2.24, 2.45) is 0 Å². The van der Waals surface area contributed by atoms with Crippen LogP contribution in [-0.2, 0) is 28.6 Å². The van der Waals surface area contributed by atoms with Crippen LogP contribution in [0.15, 0.2) is 48.6 Å². The van der Waals surface area contributed by atoms with Crippen LogP contribution in [0.1, 0.15) is 265 Å². The zero-order valence-corrected chi connectivity index (χ0v) is 40.4. The van der Waals surface area contributed by atoms with Crippen LogP contribution < -0.4 is 0 Å². The van der Waals surface area contributed by atoms with Crippen LogP contribution in [0.5, 0.6) is 0 Å². The van der Waals surface area contributed by atoms with Crippen LogP contribution in [0.4, 0.5) is 0 Å². The summed E-state index contributed by atoms with van der Waals surface area (Å²) in [5.41, 5.74) is 0. The molecule has 0 aromatic heterocycles. The highest BCUT2D eigenvalue weighted by molar-refractivity contribution is 5.71. The number of allylic oxidation sites excluding steroid dienone is 8. The predicted molar refractivity (Wildman–Crippen MR) is 261 cm³/mol. The van der Waals surface area contributed by atoms with Crippen molar-refractivity contribution in [3.05, 3.63) is 48.6 Å². The molecule has 0 radical (unpaired) electrons. The fraction of sp³-hybridized carbons (Fsp3) is 0.800. The van der Waals surface area contributed by atoms with E-state index in [1.165, 1.54) is 135 Å². The Kier molecular flexibility index (Phi) is 47.9. The van der Waals surface area contributed by atoms with Crippen molar-refractivity contribution >= 4 is 17.9 Å². The molecule has 0 saturated carbocycles. The van der Waals surface area contributed by atoms with Gasteiger partial charge in [-0.05, 0) is 77.0 Å². The van der Waals surface area contributed by atoms with E-state index in [1.807, 2.05) is 0 Å². The molecule has 0 spiro atoms. The molecular weight excluding hydrogens is 757 g/mol. The van der Waals surface area contributed by atoms with E-state index in [0.717, 1.165) is 89.9 Å². The molecule has 354 valence electrons. The normalized spacial score (nSPS) is 12.4. The van der Waals surface area contributed by atoms with E-state index in [-0.39, 0.29) is 31.1 Å². The zero-order chi connectivity index (χ0) is 44.4. The predicted octanol–water partition coefficient (Wildman–Crippen LogP) is 17.1. The minimum absolute atomic E-state index is 0.0828. The molecule has 0 amide bonds. The first-order valence-electron chi connectivity index (χ1n) is 26.1. The average Bonchev–Trinajstić information content (AvgIpc) is 3.26. The summed E-state index contributed by atoms with van der Waals surface area (Å²) in [6.45, 7) is 6.56. The lowest BCUT2D eigenvalue weighted by Gasteiger charge is -2.18. The molecule has 0 aromatic carbocycles. The fourth-order valence-corrected chi connectivity index (χ4v) is 7.31. The highest BCUT2D eigenvalue weighted by Crippen LogP contribution is 2.15. The van der Waals surface area contributed by atoms with Gasteiger partial charge in [0.25, 0.3) is 0 Å². The van der Waals surface area contributed by atoms with Gasteiger partial charge in [0.15, 0.2) is 6.10 Å². The summed E-state index contributed by atoms with van der Waals surface area (Å²) in [7, 11) is 0. The summed E-state index contributed by atoms with van der Waals surface area (Å²) in [5, 5.41) is 0. The van der Waals surface area contributed by atoms with Gasteiger partial charge in [-0.3, -0.25) is 14.4 Å². The average molecular weight is 855 g/mol. The lowest BCUT2D eigenvalue weighted by molar-refractivity contribution is -0.167. The van der Waals surface area contributed by atoms with Crippen molar-refractivity contribution in [3.63, 3.8) is 0 Å². The van der Waals surface area contributed by atoms with E-state index in [1.54, 1.807) is 0 Å². The Labute approximate surface area is 378 Å². The van der Waals surface area contributed by atoms with Crippen LogP contribution >= 0.6 is 0 Å². The van der Waals surface area contributed by atoms with Crippen molar-refractivity contribution in [2.75, 3.05) is 13.2 Å². The molecule has 0 bridgehead atoms. The maximum atomic E-state index is 12.8. The summed E-state index contributed by atoms with van der Waals surface area (Å²) in [6, 6.07) is 0. The second-order valence-corrected chi connectivity index (χ2v) is 17.4. The molecule has 6 heteroatoms. The molecule has 0 heterocycles. The third kappa shape index (κ3) is 48.3. The number of esters is 3. The molecule has 1 atom stereocenters. The Bertz CT molecular complexity index is 1070. The van der Waals surface area contributed by atoms with Crippen molar-refractivity contribution in [1.29, 1.82) is 0 Å². The van der Waals surface area contributed by atoms with Crippen LogP contribution in [0.3, 0.4) is 0 Å². The molecule has 0 fully saturated rings. The van der Waals surface area contributed by atoms with Gasteiger partial charge >= 0.3 is 17.9 Å². The SMILES string of the molecule is CCCC/C=C\CCCCCCCC(=O)OC[C@@H](COC(=O)CCCCCC/C=C\C/C=C\C/C=C\CCCCC)OC(=O)CCCCCCCCCCCCCCCCC. The van der Waals surface area contributed by atoms with E-state index in [9.17, 15) is 14.4 Å². The van der Waals surface area contributed by atoms with Crippen LogP contribution in [-0.4, -0.2) is 37.2 Å². The Morgan fingerprint density at radius 3 is 1.02 bits per heavy atom. The monoisotopic (exact) mass is 855 g/mol. The molecule has 61 heavy (non-hydrogen) atoms. The van der Waals surface area contributed by atoms with Crippen LogP contribution in [0, 0.1) is 0 Å². The number of unbranched alkanes of at least 4 members (excludes halogenated alkanes) is 28. The molecule has 0 unspecified atom stereocenters. The van der Waals surface area contributed by atoms with Crippen LogP contribution in [0.2, 0.25) is 0 Å². The number of rotatable bonds is 47. The van der Waals surface area contributed by atoms with Crippen molar-refractivity contribution in [1.82, 2.24) is 0 Å². The molecule has 0 aliphatic rings. The summed E-state index contributed by atoms with van der Waals surface area (Å²) in [4.78, 5) is 37.9. The summed E-state index contributed by atoms with van der Waals surface area (Å²) in [6.07, 6.45) is 59.5. The highest BCUT2D eigenvalue weighted by Gasteiger charge is 2.19. The number of hydrogen-bond acceptors (Lipinski definition) is 6. The summed E-state index contributed by atoms with van der Waals surface area (Å²) in [5.74, 6) is -0.906. The van der Waals surface area contributed by atoms with Crippen molar-refractivity contribution < 1.29 is 28.6 Å². The first-order valence-corrected chi connectivity index (χ1v) is 26.1. The standard InChI is InChI=1S/C55H98O6/c1-4-7-10-13-16-19-22-24-26-27-29-30-33-36-39-42-45-48-54(57)60-51-52(50-59-53(56)47-44-41-38-35-32-21-18-15-12-9-6-3)61-55(58)49-46-43-40-37-34-31-28-25-23-20-17-14-11-8-5-2/h15-16,18-19,24,26,29-30,52H,4-14,17,20-23,25,27-28,31-51H2,1-3H3/b18-15-,19-16-,26-24-,30-29-/t52-/m0/s1. The molecule has 0 N–H and O–H groups in total. The maximum absolute atomic E-state index is 12.8. The second-order valence-electron chi connectivity index (χ2n) is 17.4. The number of ether oxygens (including phenoxy) is 3. The van der Waals surface area contributed by atoms with E-state index in [0.29, 0.717) is 19.3 Å². The Balaban J connectivity index is 4.39. The molecule has 0 aliphatic carbocycles. The van der Waals surface area contributed by atoms with Gasteiger partial charge in [0, 0.05) is 19.3 Å².